The van der Waals surface area contributed by atoms with Gasteiger partial charge in [-0.2, -0.15) is 4.99 Å². The van der Waals surface area contributed by atoms with Crippen LogP contribution in [0.4, 0.5) is 0 Å². The minimum atomic E-state index is 0.148. The van der Waals surface area contributed by atoms with Crippen LogP contribution in [0.2, 0.25) is 0 Å². The van der Waals surface area contributed by atoms with E-state index in [9.17, 15) is 4.79 Å². The van der Waals surface area contributed by atoms with Crippen molar-refractivity contribution >= 4 is 18.5 Å². The molecule has 0 N–H and O–H groups in total. The number of rotatable bonds is 1. The third kappa shape index (κ3) is 1.98. The Morgan fingerprint density at radius 2 is 2.05 bits per heavy atom. The van der Waals surface area contributed by atoms with Crippen LogP contribution in [0.15, 0.2) is 33.9 Å². The number of nitrogens with zero attached hydrogens (tertiary/aromatic N) is 5. The fourth-order valence-corrected chi connectivity index (χ4v) is 2.59. The topological polar surface area (TPSA) is 48.3 Å². The molecule has 1 fully saturated rings. The summed E-state index contributed by atoms with van der Waals surface area (Å²) >= 11 is 0. The van der Waals surface area contributed by atoms with Crippen molar-refractivity contribution in [3.8, 4) is 0 Å². The molecule has 19 heavy (non-hydrogen) atoms. The summed E-state index contributed by atoms with van der Waals surface area (Å²) in [6.07, 6.45) is 7.60. The van der Waals surface area contributed by atoms with Crippen LogP contribution in [0, 0.1) is 0 Å². The zero-order valence-electron chi connectivity index (χ0n) is 11.3. The molecule has 0 saturated carbocycles. The van der Waals surface area contributed by atoms with Gasteiger partial charge in [-0.25, -0.2) is 4.48 Å². The molecule has 0 spiro atoms. The van der Waals surface area contributed by atoms with Gasteiger partial charge in [0.25, 0.3) is 0 Å². The summed E-state index contributed by atoms with van der Waals surface area (Å²) in [5.41, 5.74) is 1.10. The Bertz CT molecular complexity index is 525. The van der Waals surface area contributed by atoms with Crippen molar-refractivity contribution in [2.45, 2.75) is 6.92 Å². The standard InChI is InChI=1S/C13H18N5O/c1-11(19)16-4-6-17(7-5-16)13-12-9-14-3-8-18(12,2)10-15-13/h3,8-10H,4-7H2,1-2H3/q+1. The van der Waals surface area contributed by atoms with E-state index in [4.69, 9.17) is 0 Å². The maximum absolute atomic E-state index is 11.3. The average Bonchev–Trinajstić information content (AvgIpc) is 2.76. The molecule has 0 bridgehead atoms. The number of allylic oxidation sites excluding steroid dienone is 1. The van der Waals surface area contributed by atoms with Crippen molar-refractivity contribution in [1.82, 2.24) is 9.80 Å². The van der Waals surface area contributed by atoms with E-state index in [1.165, 1.54) is 0 Å². The number of hydrogen-bond acceptors (Lipinski definition) is 4. The molecule has 3 rings (SSSR count). The molecule has 1 saturated heterocycles. The van der Waals surface area contributed by atoms with Crippen LogP contribution in [0.25, 0.3) is 0 Å². The van der Waals surface area contributed by atoms with Crippen molar-refractivity contribution in [3.05, 3.63) is 23.9 Å². The molecule has 0 aromatic carbocycles. The van der Waals surface area contributed by atoms with Gasteiger partial charge in [0.05, 0.1) is 19.5 Å². The zero-order chi connectivity index (χ0) is 13.5. The summed E-state index contributed by atoms with van der Waals surface area (Å²) in [5, 5.41) is 0. The molecule has 0 aromatic heterocycles. The number of aliphatic imine (C=N–C) groups is 2. The summed E-state index contributed by atoms with van der Waals surface area (Å²) in [6.45, 7) is 4.80. The van der Waals surface area contributed by atoms with E-state index in [1.807, 2.05) is 23.7 Å². The molecule has 0 aromatic rings. The van der Waals surface area contributed by atoms with Crippen molar-refractivity contribution in [1.29, 1.82) is 0 Å². The second-order valence-electron chi connectivity index (χ2n) is 5.17. The fraction of sp³-hybridized carbons (Fsp3) is 0.462. The largest absolute Gasteiger partial charge is 0.348 e. The van der Waals surface area contributed by atoms with Gasteiger partial charge in [-0.05, 0) is 0 Å². The van der Waals surface area contributed by atoms with Crippen LogP contribution < -0.4 is 0 Å². The van der Waals surface area contributed by atoms with Gasteiger partial charge < -0.3 is 9.80 Å². The highest BCUT2D eigenvalue weighted by atomic mass is 16.2. The summed E-state index contributed by atoms with van der Waals surface area (Å²) in [7, 11) is 2.08. The second-order valence-corrected chi connectivity index (χ2v) is 5.17. The van der Waals surface area contributed by atoms with E-state index < -0.39 is 0 Å². The molecular formula is C13H18N5O+. The first kappa shape index (κ1) is 12.1. The molecule has 6 nitrogen and oxygen atoms in total. The van der Waals surface area contributed by atoms with Gasteiger partial charge >= 0.3 is 0 Å². The van der Waals surface area contributed by atoms with E-state index in [1.54, 1.807) is 13.1 Å². The Kier molecular flexibility index (Phi) is 2.74. The summed E-state index contributed by atoms with van der Waals surface area (Å²) in [4.78, 5) is 24.2. The monoisotopic (exact) mass is 260 g/mol. The minimum absolute atomic E-state index is 0.148. The summed E-state index contributed by atoms with van der Waals surface area (Å²) in [5.74, 6) is 1.13. The van der Waals surface area contributed by atoms with Gasteiger partial charge in [-0.3, -0.25) is 9.79 Å². The van der Waals surface area contributed by atoms with Gasteiger partial charge in [0, 0.05) is 33.1 Å². The number of amides is 1. The molecule has 0 aliphatic carbocycles. The van der Waals surface area contributed by atoms with E-state index in [-0.39, 0.29) is 5.91 Å². The van der Waals surface area contributed by atoms with Crippen LogP contribution in [0.1, 0.15) is 6.92 Å². The molecular weight excluding hydrogens is 242 g/mol. The van der Waals surface area contributed by atoms with Gasteiger partial charge in [-0.1, -0.05) is 0 Å². The first-order chi connectivity index (χ1) is 9.10. The molecule has 3 heterocycles. The molecule has 0 radical (unpaired) electrons. The van der Waals surface area contributed by atoms with Gasteiger partial charge in [-0.15, -0.1) is 0 Å². The molecule has 100 valence electrons. The van der Waals surface area contributed by atoms with Gasteiger partial charge in [0.15, 0.2) is 5.82 Å². The number of piperazine rings is 1. The number of quaternary nitrogens is 1. The van der Waals surface area contributed by atoms with Crippen LogP contribution in [-0.4, -0.2) is 66.0 Å². The molecule has 3 aliphatic rings. The Hall–Kier alpha value is -1.95. The number of fused-ring (bicyclic) bond motifs is 1. The van der Waals surface area contributed by atoms with Crippen molar-refractivity contribution < 1.29 is 9.28 Å². The predicted octanol–water partition coefficient (Wildman–Crippen LogP) is 0.364. The first-order valence-electron chi connectivity index (χ1n) is 6.47. The maximum Gasteiger partial charge on any atom is 0.219 e. The highest BCUT2D eigenvalue weighted by Crippen LogP contribution is 2.28. The molecule has 3 aliphatic heterocycles. The quantitative estimate of drug-likeness (QED) is 0.639. The van der Waals surface area contributed by atoms with Crippen molar-refractivity contribution in [2.24, 2.45) is 9.98 Å². The minimum Gasteiger partial charge on any atom is -0.348 e. The molecule has 1 atom stereocenters. The lowest BCUT2D eigenvalue weighted by Gasteiger charge is -2.35. The Morgan fingerprint density at radius 3 is 2.74 bits per heavy atom. The average molecular weight is 260 g/mol. The lowest BCUT2D eigenvalue weighted by molar-refractivity contribution is -0.706. The number of carbonyl (C=O) groups excluding carboxylic acids is 1. The predicted molar refractivity (Wildman–Crippen MR) is 73.2 cm³/mol. The SMILES string of the molecule is CC(=O)N1CCN(C2=C3C=NC=C[N+]3(C)C=N2)CC1. The first-order valence-corrected chi connectivity index (χ1v) is 6.47. The third-order valence-corrected chi connectivity index (χ3v) is 3.85. The second kappa shape index (κ2) is 4.31. The van der Waals surface area contributed by atoms with Gasteiger partial charge in [0.2, 0.25) is 17.9 Å². The number of hydrogen-bond donors (Lipinski definition) is 0. The van der Waals surface area contributed by atoms with Crippen LogP contribution in [-0.2, 0) is 4.79 Å². The van der Waals surface area contributed by atoms with Crippen LogP contribution in [0.5, 0.6) is 0 Å². The van der Waals surface area contributed by atoms with Crippen LogP contribution in [0.3, 0.4) is 0 Å². The van der Waals surface area contributed by atoms with Gasteiger partial charge in [0.1, 0.15) is 6.20 Å². The lowest BCUT2D eigenvalue weighted by atomic mass is 10.2. The van der Waals surface area contributed by atoms with E-state index in [0.717, 1.165) is 37.7 Å². The van der Waals surface area contributed by atoms with E-state index in [0.29, 0.717) is 4.48 Å². The Balaban J connectivity index is 1.80. The lowest BCUT2D eigenvalue weighted by Crippen LogP contribution is -2.47. The molecule has 6 heteroatoms. The fourth-order valence-electron chi connectivity index (χ4n) is 2.59. The Morgan fingerprint density at radius 1 is 1.32 bits per heavy atom. The van der Waals surface area contributed by atoms with Crippen molar-refractivity contribution in [2.75, 3.05) is 33.2 Å². The Labute approximate surface area is 112 Å². The summed E-state index contributed by atoms with van der Waals surface area (Å²) < 4.78 is 0.575. The highest BCUT2D eigenvalue weighted by molar-refractivity contribution is 5.83. The maximum atomic E-state index is 11.3. The van der Waals surface area contributed by atoms with Crippen LogP contribution >= 0.6 is 0 Å². The number of carbonyl (C=O) groups is 1. The highest BCUT2D eigenvalue weighted by Gasteiger charge is 2.36. The third-order valence-electron chi connectivity index (χ3n) is 3.85. The summed E-state index contributed by atoms with van der Waals surface area (Å²) in [6, 6.07) is 0. The molecule has 1 unspecified atom stereocenters. The zero-order valence-corrected chi connectivity index (χ0v) is 11.3. The van der Waals surface area contributed by atoms with E-state index >= 15 is 0 Å². The molecule has 1 amide bonds. The van der Waals surface area contributed by atoms with E-state index in [2.05, 4.69) is 21.9 Å². The van der Waals surface area contributed by atoms with Crippen molar-refractivity contribution in [3.63, 3.8) is 0 Å². The smallest absolute Gasteiger partial charge is 0.219 e. The normalized spacial score (nSPS) is 29.2.